The van der Waals surface area contributed by atoms with Crippen LogP contribution in [0.25, 0.3) is 0 Å². The topological polar surface area (TPSA) is 26.0 Å². The summed E-state index contributed by atoms with van der Waals surface area (Å²) in [6.45, 7) is 0. The van der Waals surface area contributed by atoms with Gasteiger partial charge in [0.05, 0.1) is 0 Å². The predicted octanol–water partition coefficient (Wildman–Crippen LogP) is 2.44. The van der Waals surface area contributed by atoms with Crippen LogP contribution in [0.5, 0.6) is 0 Å². The number of hydrogen-bond acceptors (Lipinski definition) is 2. The molecule has 1 aromatic carbocycles. The highest BCUT2D eigenvalue weighted by molar-refractivity contribution is 7.80. The highest BCUT2D eigenvalue weighted by Crippen LogP contribution is 2.28. The summed E-state index contributed by atoms with van der Waals surface area (Å²) in [6.07, 6.45) is 4.90. The first kappa shape index (κ1) is 7.99. The van der Waals surface area contributed by atoms with Gasteiger partial charge in [-0.3, -0.25) is 0 Å². The van der Waals surface area contributed by atoms with Crippen LogP contribution in [0.2, 0.25) is 0 Å². The molecule has 2 N–H and O–H groups in total. The van der Waals surface area contributed by atoms with Crippen molar-refractivity contribution in [2.75, 3.05) is 5.73 Å². The van der Waals surface area contributed by atoms with Crippen molar-refractivity contribution >= 4 is 18.3 Å². The van der Waals surface area contributed by atoms with Crippen LogP contribution in [0.1, 0.15) is 24.0 Å². The molecule has 1 aliphatic carbocycles. The highest BCUT2D eigenvalue weighted by atomic mass is 32.1. The van der Waals surface area contributed by atoms with Crippen LogP contribution in [0, 0.1) is 0 Å². The van der Waals surface area contributed by atoms with Gasteiger partial charge in [0.15, 0.2) is 0 Å². The number of anilines is 1. The molecule has 0 bridgehead atoms. The third-order valence-corrected chi connectivity index (χ3v) is 2.74. The Morgan fingerprint density at radius 2 is 1.92 bits per heavy atom. The highest BCUT2D eigenvalue weighted by Gasteiger charge is 2.11. The van der Waals surface area contributed by atoms with Crippen molar-refractivity contribution in [2.24, 2.45) is 0 Å². The van der Waals surface area contributed by atoms with Gasteiger partial charge in [-0.2, -0.15) is 0 Å². The van der Waals surface area contributed by atoms with E-state index in [1.807, 2.05) is 6.07 Å². The first-order valence-electron chi connectivity index (χ1n) is 4.37. The molecule has 2 rings (SSSR count). The minimum absolute atomic E-state index is 0.928. The first-order chi connectivity index (χ1) is 5.77. The van der Waals surface area contributed by atoms with Gasteiger partial charge in [-0.05, 0) is 48.9 Å². The lowest BCUT2D eigenvalue weighted by molar-refractivity contribution is 0.685. The monoisotopic (exact) mass is 179 g/mol. The second-order valence-electron chi connectivity index (χ2n) is 3.38. The van der Waals surface area contributed by atoms with Crippen LogP contribution in [0.15, 0.2) is 17.0 Å². The van der Waals surface area contributed by atoms with Gasteiger partial charge < -0.3 is 5.73 Å². The molecule has 2 heteroatoms. The molecule has 0 radical (unpaired) electrons. The molecular weight excluding hydrogens is 166 g/mol. The number of rotatable bonds is 0. The Morgan fingerprint density at radius 3 is 2.75 bits per heavy atom. The molecule has 0 fully saturated rings. The summed E-state index contributed by atoms with van der Waals surface area (Å²) in [5, 5.41) is 0. The van der Waals surface area contributed by atoms with E-state index in [1.54, 1.807) is 0 Å². The molecule has 0 aromatic heterocycles. The summed E-state index contributed by atoms with van der Waals surface area (Å²) < 4.78 is 0. The quantitative estimate of drug-likeness (QED) is 0.464. The van der Waals surface area contributed by atoms with Gasteiger partial charge in [-0.1, -0.05) is 0 Å². The smallest absolute Gasteiger partial charge is 0.0360 e. The van der Waals surface area contributed by atoms with E-state index in [0.717, 1.165) is 17.0 Å². The molecular formula is C10H13NS. The Hall–Kier alpha value is -0.630. The molecule has 0 saturated heterocycles. The van der Waals surface area contributed by atoms with E-state index in [4.69, 9.17) is 5.73 Å². The van der Waals surface area contributed by atoms with Gasteiger partial charge in [-0.25, -0.2) is 0 Å². The Morgan fingerprint density at radius 1 is 1.17 bits per heavy atom. The predicted molar refractivity (Wildman–Crippen MR) is 54.7 cm³/mol. The summed E-state index contributed by atoms with van der Waals surface area (Å²) in [4.78, 5) is 0.994. The van der Waals surface area contributed by atoms with Gasteiger partial charge in [0.25, 0.3) is 0 Å². The van der Waals surface area contributed by atoms with E-state index in [9.17, 15) is 0 Å². The molecule has 0 unspecified atom stereocenters. The summed E-state index contributed by atoms with van der Waals surface area (Å²) in [6, 6.07) is 4.10. The third-order valence-electron chi connectivity index (χ3n) is 2.48. The maximum absolute atomic E-state index is 5.89. The van der Waals surface area contributed by atoms with E-state index in [-0.39, 0.29) is 0 Å². The largest absolute Gasteiger partial charge is 0.398 e. The number of fused-ring (bicyclic) bond motifs is 1. The van der Waals surface area contributed by atoms with Crippen molar-refractivity contribution in [2.45, 2.75) is 30.6 Å². The summed E-state index contributed by atoms with van der Waals surface area (Å²) >= 11 is 4.31. The van der Waals surface area contributed by atoms with Crippen LogP contribution in [0.4, 0.5) is 5.69 Å². The second kappa shape index (κ2) is 3.02. The van der Waals surface area contributed by atoms with E-state index < -0.39 is 0 Å². The molecule has 0 aliphatic heterocycles. The van der Waals surface area contributed by atoms with Gasteiger partial charge in [-0.15, -0.1) is 12.6 Å². The molecule has 1 nitrogen and oxygen atoms in total. The summed E-state index contributed by atoms with van der Waals surface area (Å²) in [5.74, 6) is 0. The zero-order chi connectivity index (χ0) is 8.55. The SMILES string of the molecule is Nc1cc(S)cc2c1CCCC2. The van der Waals surface area contributed by atoms with Crippen molar-refractivity contribution in [1.29, 1.82) is 0 Å². The molecule has 0 spiro atoms. The van der Waals surface area contributed by atoms with Gasteiger partial charge in [0, 0.05) is 10.6 Å². The molecule has 0 atom stereocenters. The molecule has 1 aliphatic rings. The average Bonchev–Trinajstić information content (AvgIpc) is 2.04. The molecule has 1 aromatic rings. The van der Waals surface area contributed by atoms with Crippen LogP contribution in [-0.4, -0.2) is 0 Å². The number of hydrogen-bond donors (Lipinski definition) is 2. The minimum Gasteiger partial charge on any atom is -0.398 e. The lowest BCUT2D eigenvalue weighted by Gasteiger charge is -2.17. The molecule has 64 valence electrons. The second-order valence-corrected chi connectivity index (χ2v) is 3.90. The van der Waals surface area contributed by atoms with E-state index >= 15 is 0 Å². The zero-order valence-corrected chi connectivity index (χ0v) is 7.90. The fraction of sp³-hybridized carbons (Fsp3) is 0.400. The van der Waals surface area contributed by atoms with Gasteiger partial charge in [0.2, 0.25) is 0 Å². The molecule has 0 saturated carbocycles. The number of aryl methyl sites for hydroxylation is 1. The maximum atomic E-state index is 5.89. The van der Waals surface area contributed by atoms with Crippen LogP contribution < -0.4 is 5.73 Å². The Kier molecular flexibility index (Phi) is 2.01. The minimum atomic E-state index is 0.928. The summed E-state index contributed by atoms with van der Waals surface area (Å²) in [7, 11) is 0. The Bertz CT molecular complexity index is 307. The zero-order valence-electron chi connectivity index (χ0n) is 7.01. The lowest BCUT2D eigenvalue weighted by atomic mass is 9.91. The Balaban J connectivity index is 2.53. The Labute approximate surface area is 78.4 Å². The third kappa shape index (κ3) is 1.31. The fourth-order valence-electron chi connectivity index (χ4n) is 1.88. The van der Waals surface area contributed by atoms with Crippen molar-refractivity contribution in [3.8, 4) is 0 Å². The normalized spacial score (nSPS) is 15.8. The van der Waals surface area contributed by atoms with Gasteiger partial charge >= 0.3 is 0 Å². The van der Waals surface area contributed by atoms with Gasteiger partial charge in [0.1, 0.15) is 0 Å². The van der Waals surface area contributed by atoms with Crippen molar-refractivity contribution in [3.63, 3.8) is 0 Å². The van der Waals surface area contributed by atoms with Crippen LogP contribution in [0.3, 0.4) is 0 Å². The number of thiol groups is 1. The lowest BCUT2D eigenvalue weighted by Crippen LogP contribution is -2.06. The van der Waals surface area contributed by atoms with E-state index in [1.165, 1.54) is 30.4 Å². The average molecular weight is 179 g/mol. The first-order valence-corrected chi connectivity index (χ1v) is 4.82. The maximum Gasteiger partial charge on any atom is 0.0360 e. The van der Waals surface area contributed by atoms with Crippen molar-refractivity contribution < 1.29 is 0 Å². The number of nitrogens with two attached hydrogens (primary N) is 1. The standard InChI is InChI=1S/C10H13NS/c11-10-6-8(12)5-7-3-1-2-4-9(7)10/h5-6,12H,1-4,11H2. The summed E-state index contributed by atoms with van der Waals surface area (Å²) in [5.41, 5.74) is 9.59. The van der Waals surface area contributed by atoms with E-state index in [0.29, 0.717) is 0 Å². The number of nitrogen functional groups attached to an aromatic ring is 1. The van der Waals surface area contributed by atoms with Crippen molar-refractivity contribution in [1.82, 2.24) is 0 Å². The van der Waals surface area contributed by atoms with Crippen molar-refractivity contribution in [3.05, 3.63) is 23.3 Å². The van der Waals surface area contributed by atoms with E-state index in [2.05, 4.69) is 18.7 Å². The molecule has 0 amide bonds. The molecule has 0 heterocycles. The molecule has 12 heavy (non-hydrogen) atoms. The van der Waals surface area contributed by atoms with Crippen LogP contribution >= 0.6 is 12.6 Å². The number of benzene rings is 1. The fourth-order valence-corrected chi connectivity index (χ4v) is 2.18. The van der Waals surface area contributed by atoms with Crippen LogP contribution in [-0.2, 0) is 12.8 Å².